The highest BCUT2D eigenvalue weighted by Crippen LogP contribution is 2.40. The van der Waals surface area contributed by atoms with Gasteiger partial charge in [-0.15, -0.1) is 0 Å². The number of hydrogen-bond acceptors (Lipinski definition) is 7. The van der Waals surface area contributed by atoms with Gasteiger partial charge in [0.05, 0.1) is 41.5 Å². The Labute approximate surface area is 215 Å². The zero-order valence-electron chi connectivity index (χ0n) is 20.1. The van der Waals surface area contributed by atoms with E-state index in [-0.39, 0.29) is 24.6 Å². The molecule has 1 aromatic carbocycles. The van der Waals surface area contributed by atoms with Crippen LogP contribution in [0.5, 0.6) is 0 Å². The van der Waals surface area contributed by atoms with Gasteiger partial charge < -0.3 is 20.2 Å². The van der Waals surface area contributed by atoms with Crippen LogP contribution in [-0.4, -0.2) is 63.1 Å². The fourth-order valence-corrected chi connectivity index (χ4v) is 5.12. The van der Waals surface area contributed by atoms with Crippen molar-refractivity contribution >= 4 is 34.3 Å². The van der Waals surface area contributed by atoms with Gasteiger partial charge >= 0.3 is 0 Å². The van der Waals surface area contributed by atoms with Crippen LogP contribution < -0.4 is 15.1 Å². The molecule has 2 saturated heterocycles. The Morgan fingerprint density at radius 3 is 2.74 bits per heavy atom. The van der Waals surface area contributed by atoms with Crippen molar-refractivity contribution < 1.29 is 23.1 Å². The van der Waals surface area contributed by atoms with Crippen molar-refractivity contribution in [3.63, 3.8) is 0 Å². The summed E-state index contributed by atoms with van der Waals surface area (Å²) < 4.78 is 43.0. The molecule has 0 radical (unpaired) electrons. The maximum Gasteiger partial charge on any atom is 0.257 e. The quantitative estimate of drug-likeness (QED) is 0.366. The first-order chi connectivity index (χ1) is 18.4. The SMILES string of the molecule is O=C(Nc1cnc2[nH]nc(N3C[C@@H](F)C[C@@H]3c3cc(F)ccc3F)c2c1)c1ccc(N2CC[C@H](O)C2)nc1. The Hall–Kier alpha value is -4.19. The number of anilines is 3. The Bertz CT molecular complexity index is 1500. The summed E-state index contributed by atoms with van der Waals surface area (Å²) in [5.41, 5.74) is 1.17. The maximum atomic E-state index is 14.6. The van der Waals surface area contributed by atoms with Crippen molar-refractivity contribution in [1.29, 1.82) is 0 Å². The first-order valence-corrected chi connectivity index (χ1v) is 12.3. The topological polar surface area (TPSA) is 110 Å². The highest BCUT2D eigenvalue weighted by atomic mass is 19.1. The molecule has 2 fully saturated rings. The van der Waals surface area contributed by atoms with Gasteiger partial charge in [0.2, 0.25) is 0 Å². The molecule has 1 amide bonds. The number of fused-ring (bicyclic) bond motifs is 1. The Morgan fingerprint density at radius 1 is 1.11 bits per heavy atom. The van der Waals surface area contributed by atoms with E-state index in [2.05, 4.69) is 25.5 Å². The predicted octanol–water partition coefficient (Wildman–Crippen LogP) is 3.74. The number of pyridine rings is 2. The second-order valence-electron chi connectivity index (χ2n) is 9.58. The van der Waals surface area contributed by atoms with Crippen LogP contribution >= 0.6 is 0 Å². The first kappa shape index (κ1) is 24.2. The zero-order chi connectivity index (χ0) is 26.4. The molecule has 2 aliphatic heterocycles. The Balaban J connectivity index is 1.24. The third-order valence-electron chi connectivity index (χ3n) is 6.99. The van der Waals surface area contributed by atoms with E-state index in [0.717, 1.165) is 18.2 Å². The summed E-state index contributed by atoms with van der Waals surface area (Å²) in [7, 11) is 0. The Morgan fingerprint density at radius 2 is 1.97 bits per heavy atom. The summed E-state index contributed by atoms with van der Waals surface area (Å²) in [6.07, 6.45) is 1.95. The molecule has 4 aromatic rings. The number of rotatable bonds is 5. The number of aromatic nitrogens is 4. The third kappa shape index (κ3) is 4.51. The van der Waals surface area contributed by atoms with Crippen LogP contribution in [0.25, 0.3) is 11.0 Å². The smallest absolute Gasteiger partial charge is 0.257 e. The van der Waals surface area contributed by atoms with Gasteiger partial charge in [0, 0.05) is 31.3 Å². The van der Waals surface area contributed by atoms with Crippen molar-refractivity contribution in [1.82, 2.24) is 20.2 Å². The molecule has 3 aromatic heterocycles. The van der Waals surface area contributed by atoms with E-state index in [1.807, 2.05) is 4.90 Å². The second-order valence-corrected chi connectivity index (χ2v) is 9.58. The number of hydrogen-bond donors (Lipinski definition) is 3. The maximum absolute atomic E-state index is 14.6. The fourth-order valence-electron chi connectivity index (χ4n) is 5.12. The largest absolute Gasteiger partial charge is 0.391 e. The first-order valence-electron chi connectivity index (χ1n) is 12.3. The molecule has 9 nitrogen and oxygen atoms in total. The Kier molecular flexibility index (Phi) is 6.10. The third-order valence-corrected chi connectivity index (χ3v) is 6.99. The van der Waals surface area contributed by atoms with Crippen molar-refractivity contribution in [2.24, 2.45) is 0 Å². The van der Waals surface area contributed by atoms with E-state index in [0.29, 0.717) is 53.4 Å². The highest BCUT2D eigenvalue weighted by molar-refractivity contribution is 6.05. The molecule has 6 rings (SSSR count). The number of benzene rings is 1. The molecule has 2 aliphatic rings. The molecule has 196 valence electrons. The van der Waals surface area contributed by atoms with Gasteiger partial charge in [0.25, 0.3) is 5.91 Å². The average molecular weight is 524 g/mol. The molecule has 3 atom stereocenters. The molecule has 0 saturated carbocycles. The number of halogens is 3. The minimum atomic E-state index is -1.26. The summed E-state index contributed by atoms with van der Waals surface area (Å²) in [5.74, 6) is -0.618. The number of aliphatic hydroxyl groups is 1. The molecule has 0 unspecified atom stereocenters. The van der Waals surface area contributed by atoms with Gasteiger partial charge in [-0.1, -0.05) is 0 Å². The highest BCUT2D eigenvalue weighted by Gasteiger charge is 2.37. The lowest BCUT2D eigenvalue weighted by Gasteiger charge is -2.25. The van der Waals surface area contributed by atoms with Gasteiger partial charge in [-0.25, -0.2) is 23.1 Å². The molecular weight excluding hydrogens is 499 g/mol. The average Bonchev–Trinajstić information content (AvgIpc) is 3.63. The number of carbonyl (C=O) groups excluding carboxylic acids is 1. The van der Waals surface area contributed by atoms with Crippen LogP contribution in [-0.2, 0) is 0 Å². The standard InChI is InChI=1S/C26H24F3N7O2/c27-15-2-3-21(29)19(7-15)22-8-16(28)12-36(22)25-20-9-17(11-31-24(20)33-34-25)32-26(38)14-1-4-23(30-10-14)35-6-5-18(37)13-35/h1-4,7,9-11,16,18,22,37H,5-6,8,12-13H2,(H,32,38)(H,31,33,34)/t16-,18-,22+/m0/s1. The molecule has 0 aliphatic carbocycles. The van der Waals surface area contributed by atoms with Crippen LogP contribution in [0, 0.1) is 11.6 Å². The van der Waals surface area contributed by atoms with E-state index in [4.69, 9.17) is 0 Å². The van der Waals surface area contributed by atoms with Crippen molar-refractivity contribution in [3.05, 3.63) is 71.6 Å². The second kappa shape index (κ2) is 9.60. The lowest BCUT2D eigenvalue weighted by molar-refractivity contribution is 0.102. The molecule has 0 spiro atoms. The lowest BCUT2D eigenvalue weighted by Crippen LogP contribution is -2.25. The van der Waals surface area contributed by atoms with Crippen molar-refractivity contribution in [2.75, 3.05) is 34.8 Å². The predicted molar refractivity (Wildman–Crippen MR) is 135 cm³/mol. The molecular formula is C26H24F3N7O2. The van der Waals surface area contributed by atoms with E-state index in [1.165, 1.54) is 12.4 Å². The summed E-state index contributed by atoms with van der Waals surface area (Å²) in [6.45, 7) is 1.15. The number of aliphatic hydroxyl groups excluding tert-OH is 1. The molecule has 3 N–H and O–H groups in total. The minimum absolute atomic E-state index is 0.0159. The summed E-state index contributed by atoms with van der Waals surface area (Å²) in [6, 6.07) is 7.41. The van der Waals surface area contributed by atoms with Crippen LogP contribution in [0.4, 0.5) is 30.5 Å². The number of alkyl halides is 1. The lowest BCUT2D eigenvalue weighted by atomic mass is 10.0. The normalized spacial score (nSPS) is 21.4. The van der Waals surface area contributed by atoms with Gasteiger partial charge in [-0.2, -0.15) is 5.10 Å². The summed E-state index contributed by atoms with van der Waals surface area (Å²) >= 11 is 0. The number of carbonyl (C=O) groups is 1. The van der Waals surface area contributed by atoms with Crippen LogP contribution in [0.2, 0.25) is 0 Å². The monoisotopic (exact) mass is 523 g/mol. The molecule has 0 bridgehead atoms. The van der Waals surface area contributed by atoms with E-state index in [9.17, 15) is 23.1 Å². The fraction of sp³-hybridized carbons (Fsp3) is 0.308. The zero-order valence-corrected chi connectivity index (χ0v) is 20.1. The van der Waals surface area contributed by atoms with E-state index < -0.39 is 29.8 Å². The van der Waals surface area contributed by atoms with Gasteiger partial charge in [-0.3, -0.25) is 9.89 Å². The number of H-pyrrole nitrogens is 1. The van der Waals surface area contributed by atoms with Crippen LogP contribution in [0.15, 0.2) is 48.8 Å². The van der Waals surface area contributed by atoms with Gasteiger partial charge in [0.15, 0.2) is 11.5 Å². The molecule has 38 heavy (non-hydrogen) atoms. The summed E-state index contributed by atoms with van der Waals surface area (Å²) in [4.78, 5) is 25.1. The number of nitrogens with one attached hydrogen (secondary N) is 2. The van der Waals surface area contributed by atoms with Crippen molar-refractivity contribution in [3.8, 4) is 0 Å². The number of nitrogens with zero attached hydrogens (tertiary/aromatic N) is 5. The van der Waals surface area contributed by atoms with Crippen LogP contribution in [0.1, 0.15) is 34.8 Å². The van der Waals surface area contributed by atoms with E-state index >= 15 is 0 Å². The number of amides is 1. The number of β-amino-alcohol motifs (C(OH)–C–C–N with tert-alkyl or cyclic N) is 1. The van der Waals surface area contributed by atoms with Gasteiger partial charge in [-0.05, 0) is 42.8 Å². The van der Waals surface area contributed by atoms with Crippen molar-refractivity contribution in [2.45, 2.75) is 31.2 Å². The van der Waals surface area contributed by atoms with Crippen LogP contribution in [0.3, 0.4) is 0 Å². The minimum Gasteiger partial charge on any atom is -0.391 e. The number of aromatic amines is 1. The molecule has 12 heteroatoms. The van der Waals surface area contributed by atoms with Gasteiger partial charge in [0.1, 0.15) is 23.6 Å². The molecule has 5 heterocycles. The summed E-state index contributed by atoms with van der Waals surface area (Å²) in [5, 5.41) is 20.1. The van der Waals surface area contributed by atoms with E-state index in [1.54, 1.807) is 23.1 Å².